The van der Waals surface area contributed by atoms with Crippen LogP contribution in [0.1, 0.15) is 36.1 Å². The van der Waals surface area contributed by atoms with Gasteiger partial charge in [0.25, 0.3) is 5.89 Å². The highest BCUT2D eigenvalue weighted by Gasteiger charge is 2.32. The highest BCUT2D eigenvalue weighted by molar-refractivity contribution is 5.72. The van der Waals surface area contributed by atoms with Gasteiger partial charge in [0.15, 0.2) is 5.82 Å². The topological polar surface area (TPSA) is 116 Å². The summed E-state index contributed by atoms with van der Waals surface area (Å²) >= 11 is 0. The van der Waals surface area contributed by atoms with Crippen molar-refractivity contribution >= 4 is 5.97 Å². The average Bonchev–Trinajstić information content (AvgIpc) is 3.26. The van der Waals surface area contributed by atoms with E-state index in [0.717, 1.165) is 21.4 Å². The number of benzene rings is 1. The smallest absolute Gasteiger partial charge is 0.416 e. The summed E-state index contributed by atoms with van der Waals surface area (Å²) in [7, 11) is 0. The summed E-state index contributed by atoms with van der Waals surface area (Å²) in [6.07, 6.45) is -3.12. The fourth-order valence-corrected chi connectivity index (χ4v) is 3.27. The molecule has 0 spiro atoms. The Morgan fingerprint density at radius 2 is 2.14 bits per heavy atom. The summed E-state index contributed by atoms with van der Waals surface area (Å²) in [6.45, 7) is -0.201. The first kappa shape index (κ1) is 18.9. The zero-order valence-electron chi connectivity index (χ0n) is 14.8. The van der Waals surface area contributed by atoms with E-state index in [1.165, 1.54) is 12.1 Å². The van der Waals surface area contributed by atoms with Crippen LogP contribution in [0.2, 0.25) is 0 Å². The molecule has 0 aliphatic carbocycles. The normalized spacial score (nSPS) is 16.6. The average molecular weight is 409 g/mol. The van der Waals surface area contributed by atoms with E-state index < -0.39 is 29.4 Å². The zero-order valence-corrected chi connectivity index (χ0v) is 14.8. The number of aliphatic carboxylic acids is 1. The lowest BCUT2D eigenvalue weighted by molar-refractivity contribution is -0.141. The molecule has 0 fully saturated rings. The van der Waals surface area contributed by atoms with E-state index >= 15 is 0 Å². The number of halogens is 3. The summed E-state index contributed by atoms with van der Waals surface area (Å²) in [6, 6.07) is 3.45. The number of carbonyl (C=O) groups is 1. The van der Waals surface area contributed by atoms with Crippen molar-refractivity contribution in [2.75, 3.05) is 0 Å². The van der Waals surface area contributed by atoms with E-state index in [1.807, 2.05) is 0 Å². The number of hydrogen-bond donors (Lipinski definition) is 1. The molecule has 29 heavy (non-hydrogen) atoms. The number of rotatable bonds is 4. The minimum atomic E-state index is -4.51. The Hall–Kier alpha value is -3.44. The number of hydrogen-bond acceptors (Lipinski definition) is 6. The maximum absolute atomic E-state index is 12.9. The molecule has 0 bridgehead atoms. The first-order valence-electron chi connectivity index (χ1n) is 8.65. The first-order valence-corrected chi connectivity index (χ1v) is 8.65. The van der Waals surface area contributed by atoms with Crippen LogP contribution in [-0.2, 0) is 23.9 Å². The summed E-state index contributed by atoms with van der Waals surface area (Å²) in [5, 5.41) is 17.1. The number of carboxylic acids is 1. The molecule has 0 saturated carbocycles. The van der Waals surface area contributed by atoms with E-state index in [-0.39, 0.29) is 23.8 Å². The van der Waals surface area contributed by atoms with Crippen molar-refractivity contribution in [1.29, 1.82) is 0 Å². The van der Waals surface area contributed by atoms with Crippen molar-refractivity contribution in [3.63, 3.8) is 0 Å². The van der Waals surface area contributed by atoms with Gasteiger partial charge in [-0.3, -0.25) is 4.57 Å². The molecule has 1 atom stereocenters. The molecular weight excluding hydrogens is 395 g/mol. The van der Waals surface area contributed by atoms with Crippen LogP contribution in [0.5, 0.6) is 0 Å². The molecule has 1 aliphatic rings. The van der Waals surface area contributed by atoms with Gasteiger partial charge >= 0.3 is 17.8 Å². The van der Waals surface area contributed by atoms with E-state index in [9.17, 15) is 27.9 Å². The molecular formula is C17H14F3N5O4. The molecule has 0 saturated heterocycles. The van der Waals surface area contributed by atoms with Crippen molar-refractivity contribution in [3.8, 4) is 11.5 Å². The largest absolute Gasteiger partial charge is 0.480 e. The Morgan fingerprint density at radius 3 is 2.86 bits per heavy atom. The summed E-state index contributed by atoms with van der Waals surface area (Å²) in [4.78, 5) is 28.0. The molecule has 0 radical (unpaired) electrons. The molecule has 0 amide bonds. The van der Waals surface area contributed by atoms with E-state index in [4.69, 9.17) is 4.52 Å². The third-order valence-corrected chi connectivity index (χ3v) is 4.61. The fraction of sp³-hybridized carbons (Fsp3) is 0.353. The van der Waals surface area contributed by atoms with Gasteiger partial charge in [-0.05, 0) is 31.0 Å². The Labute approximate surface area is 160 Å². The Kier molecular flexibility index (Phi) is 4.47. The molecule has 1 aromatic carbocycles. The minimum absolute atomic E-state index is 0.0295. The van der Waals surface area contributed by atoms with E-state index in [1.54, 1.807) is 0 Å². The van der Waals surface area contributed by atoms with Gasteiger partial charge in [0.1, 0.15) is 18.4 Å². The number of nitrogens with zero attached hydrogens (tertiary/aromatic N) is 5. The first-order chi connectivity index (χ1) is 13.7. The van der Waals surface area contributed by atoms with Gasteiger partial charge in [0.05, 0.1) is 5.56 Å². The molecule has 1 aliphatic heterocycles. The molecule has 12 heteroatoms. The summed E-state index contributed by atoms with van der Waals surface area (Å²) in [5.74, 6) is -0.859. The molecule has 1 unspecified atom stereocenters. The molecule has 2 aromatic heterocycles. The standard InChI is InChI=1S/C17H14F3N5O4/c18-17(19,20)10-4-1-3-9(7-10)14-21-12(23-29-14)8-24-16(28)25-11(15(26)27)5-2-6-13(25)22-24/h1,3-4,7,11H,2,5-6,8H2,(H,26,27). The van der Waals surface area contributed by atoms with Crippen molar-refractivity contribution in [1.82, 2.24) is 24.5 Å². The number of aromatic nitrogens is 5. The lowest BCUT2D eigenvalue weighted by Gasteiger charge is -2.19. The van der Waals surface area contributed by atoms with Crippen LogP contribution < -0.4 is 5.69 Å². The quantitative estimate of drug-likeness (QED) is 0.702. The van der Waals surface area contributed by atoms with Gasteiger partial charge in [-0.25, -0.2) is 14.3 Å². The van der Waals surface area contributed by atoms with Gasteiger partial charge in [-0.2, -0.15) is 23.3 Å². The van der Waals surface area contributed by atoms with Crippen molar-refractivity contribution < 1.29 is 27.6 Å². The van der Waals surface area contributed by atoms with E-state index in [2.05, 4.69) is 15.2 Å². The number of alkyl halides is 3. The predicted molar refractivity (Wildman–Crippen MR) is 89.9 cm³/mol. The van der Waals surface area contributed by atoms with Crippen LogP contribution in [0.3, 0.4) is 0 Å². The van der Waals surface area contributed by atoms with Crippen LogP contribution in [0.15, 0.2) is 33.6 Å². The molecule has 9 nitrogen and oxygen atoms in total. The van der Waals surface area contributed by atoms with Gasteiger partial charge < -0.3 is 9.63 Å². The van der Waals surface area contributed by atoms with Crippen LogP contribution in [0.4, 0.5) is 13.2 Å². The Morgan fingerprint density at radius 1 is 1.34 bits per heavy atom. The zero-order chi connectivity index (χ0) is 20.8. The van der Waals surface area contributed by atoms with Crippen LogP contribution in [-0.4, -0.2) is 35.6 Å². The maximum atomic E-state index is 12.9. The Balaban J connectivity index is 1.61. The predicted octanol–water partition coefficient (Wildman–Crippen LogP) is 2.12. The highest BCUT2D eigenvalue weighted by Crippen LogP contribution is 2.31. The second-order valence-corrected chi connectivity index (χ2v) is 6.57. The van der Waals surface area contributed by atoms with Gasteiger partial charge in [-0.15, -0.1) is 0 Å². The maximum Gasteiger partial charge on any atom is 0.416 e. The molecule has 4 rings (SSSR count). The lowest BCUT2D eigenvalue weighted by Crippen LogP contribution is -2.34. The molecule has 1 N–H and O–H groups in total. The van der Waals surface area contributed by atoms with Gasteiger partial charge in [-0.1, -0.05) is 11.2 Å². The summed E-state index contributed by atoms with van der Waals surface area (Å²) < 4.78 is 45.8. The van der Waals surface area contributed by atoms with Gasteiger partial charge in [0, 0.05) is 12.0 Å². The van der Waals surface area contributed by atoms with Crippen LogP contribution >= 0.6 is 0 Å². The Bertz CT molecular complexity index is 1130. The molecule has 152 valence electrons. The SMILES string of the molecule is O=C(O)C1CCCc2nn(Cc3noc(-c4cccc(C(F)(F)F)c4)n3)c(=O)n21. The minimum Gasteiger partial charge on any atom is -0.480 e. The lowest BCUT2D eigenvalue weighted by atomic mass is 10.1. The number of fused-ring (bicyclic) bond motifs is 1. The van der Waals surface area contributed by atoms with Gasteiger partial charge in [0.2, 0.25) is 0 Å². The number of aryl methyl sites for hydroxylation is 1. The third kappa shape index (κ3) is 3.52. The molecule has 3 aromatic rings. The van der Waals surface area contributed by atoms with Crippen molar-refractivity contribution in [2.24, 2.45) is 0 Å². The third-order valence-electron chi connectivity index (χ3n) is 4.61. The summed E-state index contributed by atoms with van der Waals surface area (Å²) in [5.41, 5.74) is -1.38. The van der Waals surface area contributed by atoms with Crippen molar-refractivity contribution in [3.05, 3.63) is 52.0 Å². The number of carboxylic acid groups (broad SMARTS) is 1. The van der Waals surface area contributed by atoms with E-state index in [0.29, 0.717) is 25.1 Å². The monoisotopic (exact) mass is 409 g/mol. The second kappa shape index (κ2) is 6.87. The highest BCUT2D eigenvalue weighted by atomic mass is 19.4. The molecule has 3 heterocycles. The van der Waals surface area contributed by atoms with Crippen molar-refractivity contribution in [2.45, 2.75) is 38.0 Å². The van der Waals surface area contributed by atoms with Crippen LogP contribution in [0.25, 0.3) is 11.5 Å². The van der Waals surface area contributed by atoms with Crippen LogP contribution in [0, 0.1) is 0 Å². The fourth-order valence-electron chi connectivity index (χ4n) is 3.27. The second-order valence-electron chi connectivity index (χ2n) is 6.57.